The number of hydrogen-bond donors (Lipinski definition) is 2. The first-order valence-electron chi connectivity index (χ1n) is 8.53. The SMILES string of the molecule is CC[C@@H](Oc1ccc(Cl)cc1)C(=O)Nc1ccccc1C(=O)NC(C)C. The van der Waals surface area contributed by atoms with Crippen LogP contribution < -0.4 is 15.4 Å². The van der Waals surface area contributed by atoms with Crippen molar-refractivity contribution in [2.24, 2.45) is 0 Å². The van der Waals surface area contributed by atoms with Crippen LogP contribution >= 0.6 is 11.6 Å². The quantitative estimate of drug-likeness (QED) is 0.760. The van der Waals surface area contributed by atoms with Crippen molar-refractivity contribution in [1.82, 2.24) is 5.32 Å². The smallest absolute Gasteiger partial charge is 0.265 e. The molecular weight excluding hydrogens is 352 g/mol. The highest BCUT2D eigenvalue weighted by atomic mass is 35.5. The molecule has 2 rings (SSSR count). The van der Waals surface area contributed by atoms with E-state index in [-0.39, 0.29) is 17.9 Å². The lowest BCUT2D eigenvalue weighted by atomic mass is 10.1. The fourth-order valence-electron chi connectivity index (χ4n) is 2.34. The number of amides is 2. The molecule has 2 N–H and O–H groups in total. The predicted octanol–water partition coefficient (Wildman–Crippen LogP) is 4.27. The van der Waals surface area contributed by atoms with Crippen molar-refractivity contribution in [2.75, 3.05) is 5.32 Å². The highest BCUT2D eigenvalue weighted by Gasteiger charge is 2.21. The van der Waals surface area contributed by atoms with Gasteiger partial charge in [0.05, 0.1) is 11.3 Å². The average Bonchev–Trinajstić information content (AvgIpc) is 2.61. The van der Waals surface area contributed by atoms with E-state index in [1.165, 1.54) is 0 Å². The van der Waals surface area contributed by atoms with E-state index in [2.05, 4.69) is 10.6 Å². The Kier molecular flexibility index (Phi) is 7.04. The van der Waals surface area contributed by atoms with E-state index in [1.54, 1.807) is 48.5 Å². The van der Waals surface area contributed by atoms with Gasteiger partial charge in [-0.2, -0.15) is 0 Å². The van der Waals surface area contributed by atoms with Crippen molar-refractivity contribution < 1.29 is 14.3 Å². The Balaban J connectivity index is 2.12. The van der Waals surface area contributed by atoms with Crippen molar-refractivity contribution in [3.8, 4) is 5.75 Å². The number of carbonyl (C=O) groups is 2. The van der Waals surface area contributed by atoms with Crippen molar-refractivity contribution in [2.45, 2.75) is 39.3 Å². The van der Waals surface area contributed by atoms with E-state index < -0.39 is 6.10 Å². The van der Waals surface area contributed by atoms with Crippen LogP contribution in [0.1, 0.15) is 37.6 Å². The number of rotatable bonds is 7. The first kappa shape index (κ1) is 19.8. The number of benzene rings is 2. The van der Waals surface area contributed by atoms with Gasteiger partial charge in [0.15, 0.2) is 6.10 Å². The van der Waals surface area contributed by atoms with Gasteiger partial charge < -0.3 is 15.4 Å². The van der Waals surface area contributed by atoms with Crippen LogP contribution in [0.4, 0.5) is 5.69 Å². The summed E-state index contributed by atoms with van der Waals surface area (Å²) in [5.74, 6) is 0.0112. The molecule has 6 heteroatoms. The molecule has 2 aromatic rings. The summed E-state index contributed by atoms with van der Waals surface area (Å²) < 4.78 is 5.75. The summed E-state index contributed by atoms with van der Waals surface area (Å²) in [6.45, 7) is 5.62. The third-order valence-corrected chi connectivity index (χ3v) is 3.86. The molecule has 0 fully saturated rings. The average molecular weight is 375 g/mol. The summed E-state index contributed by atoms with van der Waals surface area (Å²) >= 11 is 5.86. The molecule has 0 aliphatic rings. The molecule has 0 aliphatic carbocycles. The van der Waals surface area contributed by atoms with E-state index in [1.807, 2.05) is 20.8 Å². The first-order valence-corrected chi connectivity index (χ1v) is 8.91. The predicted molar refractivity (Wildman–Crippen MR) is 104 cm³/mol. The molecule has 0 aliphatic heterocycles. The van der Waals surface area contributed by atoms with E-state index in [4.69, 9.17) is 16.3 Å². The maximum Gasteiger partial charge on any atom is 0.265 e. The van der Waals surface area contributed by atoms with Gasteiger partial charge in [-0.3, -0.25) is 9.59 Å². The standard InChI is InChI=1S/C20H23ClN2O3/c1-4-18(26-15-11-9-14(21)10-12-15)20(25)23-17-8-6-5-7-16(17)19(24)22-13(2)3/h5-13,18H,4H2,1-3H3,(H,22,24)(H,23,25)/t18-/m1/s1. The molecule has 0 saturated carbocycles. The Hall–Kier alpha value is -2.53. The monoisotopic (exact) mass is 374 g/mol. The zero-order valence-electron chi connectivity index (χ0n) is 15.1. The summed E-state index contributed by atoms with van der Waals surface area (Å²) in [7, 11) is 0. The van der Waals surface area contributed by atoms with E-state index in [0.717, 1.165) is 0 Å². The second-order valence-corrected chi connectivity index (χ2v) is 6.57. The largest absolute Gasteiger partial charge is 0.481 e. The Morgan fingerprint density at radius 3 is 2.35 bits per heavy atom. The van der Waals surface area contributed by atoms with Crippen LogP contribution in [0.5, 0.6) is 5.75 Å². The third kappa shape index (κ3) is 5.49. The van der Waals surface area contributed by atoms with E-state index in [9.17, 15) is 9.59 Å². The van der Waals surface area contributed by atoms with Crippen LogP contribution in [0.25, 0.3) is 0 Å². The molecule has 2 aromatic carbocycles. The van der Waals surface area contributed by atoms with Crippen LogP contribution in [0, 0.1) is 0 Å². The van der Waals surface area contributed by atoms with Gasteiger partial charge in [-0.25, -0.2) is 0 Å². The van der Waals surface area contributed by atoms with Gasteiger partial charge >= 0.3 is 0 Å². The van der Waals surface area contributed by atoms with E-state index >= 15 is 0 Å². The molecule has 138 valence electrons. The minimum absolute atomic E-state index is 0.00267. The zero-order chi connectivity index (χ0) is 19.1. The van der Waals surface area contributed by atoms with Crippen LogP contribution in [-0.4, -0.2) is 24.0 Å². The van der Waals surface area contributed by atoms with Gasteiger partial charge in [0.2, 0.25) is 0 Å². The van der Waals surface area contributed by atoms with Crippen molar-refractivity contribution in [1.29, 1.82) is 0 Å². The van der Waals surface area contributed by atoms with Crippen LogP contribution in [-0.2, 0) is 4.79 Å². The van der Waals surface area contributed by atoms with Gasteiger partial charge in [0.25, 0.3) is 11.8 Å². The molecule has 2 amide bonds. The van der Waals surface area contributed by atoms with Gasteiger partial charge in [-0.05, 0) is 56.7 Å². The third-order valence-electron chi connectivity index (χ3n) is 3.60. The second-order valence-electron chi connectivity index (χ2n) is 6.13. The zero-order valence-corrected chi connectivity index (χ0v) is 15.8. The summed E-state index contributed by atoms with van der Waals surface area (Å²) in [5, 5.41) is 6.22. The fourth-order valence-corrected chi connectivity index (χ4v) is 2.47. The Bertz CT molecular complexity index is 760. The summed E-state index contributed by atoms with van der Waals surface area (Å²) in [4.78, 5) is 24.9. The number of anilines is 1. The normalized spacial score (nSPS) is 11.7. The van der Waals surface area contributed by atoms with Crippen LogP contribution in [0.2, 0.25) is 5.02 Å². The van der Waals surface area contributed by atoms with Gasteiger partial charge in [-0.15, -0.1) is 0 Å². The molecule has 0 aromatic heterocycles. The number of ether oxygens (including phenoxy) is 1. The molecule has 26 heavy (non-hydrogen) atoms. The fraction of sp³-hybridized carbons (Fsp3) is 0.300. The molecule has 0 bridgehead atoms. The molecule has 0 spiro atoms. The molecule has 0 radical (unpaired) electrons. The summed E-state index contributed by atoms with van der Waals surface area (Å²) in [5.41, 5.74) is 0.865. The molecule has 0 unspecified atom stereocenters. The highest BCUT2D eigenvalue weighted by molar-refractivity contribution is 6.30. The highest BCUT2D eigenvalue weighted by Crippen LogP contribution is 2.20. The Morgan fingerprint density at radius 1 is 1.08 bits per heavy atom. The number of nitrogens with one attached hydrogen (secondary N) is 2. The van der Waals surface area contributed by atoms with Gasteiger partial charge in [0, 0.05) is 11.1 Å². The molecule has 5 nitrogen and oxygen atoms in total. The number of para-hydroxylation sites is 1. The first-order chi connectivity index (χ1) is 12.4. The van der Waals surface area contributed by atoms with Gasteiger partial charge in [-0.1, -0.05) is 30.7 Å². The van der Waals surface area contributed by atoms with E-state index in [0.29, 0.717) is 28.4 Å². The molecule has 1 atom stereocenters. The van der Waals surface area contributed by atoms with Gasteiger partial charge in [0.1, 0.15) is 5.75 Å². The lowest BCUT2D eigenvalue weighted by Gasteiger charge is -2.19. The summed E-state index contributed by atoms with van der Waals surface area (Å²) in [6.07, 6.45) is -0.202. The molecule has 0 saturated heterocycles. The lowest BCUT2D eigenvalue weighted by Crippen LogP contribution is -2.34. The minimum Gasteiger partial charge on any atom is -0.481 e. The number of halogens is 1. The maximum absolute atomic E-state index is 12.6. The van der Waals surface area contributed by atoms with Crippen molar-refractivity contribution in [3.05, 3.63) is 59.1 Å². The lowest BCUT2D eigenvalue weighted by molar-refractivity contribution is -0.122. The molecular formula is C20H23ClN2O3. The molecule has 0 heterocycles. The Labute approximate surface area is 158 Å². The Morgan fingerprint density at radius 2 is 1.73 bits per heavy atom. The number of hydrogen-bond acceptors (Lipinski definition) is 3. The van der Waals surface area contributed by atoms with Crippen molar-refractivity contribution >= 4 is 29.1 Å². The van der Waals surface area contributed by atoms with Crippen LogP contribution in [0.15, 0.2) is 48.5 Å². The number of carbonyl (C=O) groups excluding carboxylic acids is 2. The second kappa shape index (κ2) is 9.25. The summed E-state index contributed by atoms with van der Waals surface area (Å²) in [6, 6.07) is 13.7. The van der Waals surface area contributed by atoms with Crippen LogP contribution in [0.3, 0.4) is 0 Å². The minimum atomic E-state index is -0.683. The van der Waals surface area contributed by atoms with Crippen molar-refractivity contribution in [3.63, 3.8) is 0 Å². The maximum atomic E-state index is 12.6. The topological polar surface area (TPSA) is 67.4 Å².